The number of nitrogens with one attached hydrogen (secondary N) is 1. The molecular weight excluding hydrogens is 320 g/mol. The van der Waals surface area contributed by atoms with E-state index in [-0.39, 0.29) is 17.0 Å². The Morgan fingerprint density at radius 1 is 1.08 bits per heavy atom. The van der Waals surface area contributed by atoms with E-state index in [2.05, 4.69) is 15.3 Å². The van der Waals surface area contributed by atoms with Gasteiger partial charge < -0.3 is 10.4 Å². The maximum Gasteiger partial charge on any atom is 0.270 e. The molecule has 0 radical (unpaired) electrons. The minimum atomic E-state index is -0.590. The van der Waals surface area contributed by atoms with Crippen molar-refractivity contribution in [3.63, 3.8) is 0 Å². The normalized spacial score (nSPS) is 10.9. The number of rotatable bonds is 2. The van der Waals surface area contributed by atoms with Crippen molar-refractivity contribution in [2.45, 2.75) is 0 Å². The third-order valence-electron chi connectivity index (χ3n) is 3.80. The van der Waals surface area contributed by atoms with Crippen molar-refractivity contribution in [3.8, 4) is 5.75 Å². The molecule has 1 aromatic carbocycles. The van der Waals surface area contributed by atoms with Gasteiger partial charge in [-0.2, -0.15) is 0 Å². The van der Waals surface area contributed by atoms with Crippen LogP contribution in [-0.2, 0) is 0 Å². The van der Waals surface area contributed by atoms with Crippen LogP contribution in [0.4, 0.5) is 5.69 Å². The van der Waals surface area contributed by atoms with Crippen LogP contribution >= 0.6 is 0 Å². The number of nitrogens with zero attached hydrogens (tertiary/aromatic N) is 3. The Balaban J connectivity index is 1.72. The number of amides is 1. The number of benzene rings is 1. The molecular formula is C18H12N4O3. The van der Waals surface area contributed by atoms with Gasteiger partial charge in [-0.3, -0.25) is 19.0 Å². The van der Waals surface area contributed by atoms with E-state index in [0.717, 1.165) is 21.5 Å². The van der Waals surface area contributed by atoms with E-state index in [1.165, 1.54) is 24.5 Å². The monoisotopic (exact) mass is 332 g/mol. The first kappa shape index (κ1) is 14.8. The summed E-state index contributed by atoms with van der Waals surface area (Å²) in [7, 11) is 0. The molecule has 4 rings (SSSR count). The molecule has 3 aromatic heterocycles. The number of aromatic hydroxyl groups is 1. The lowest BCUT2D eigenvalue weighted by Gasteiger charge is -2.07. The van der Waals surface area contributed by atoms with E-state index < -0.39 is 11.5 Å². The van der Waals surface area contributed by atoms with Crippen LogP contribution in [0.3, 0.4) is 0 Å². The van der Waals surface area contributed by atoms with Crippen LogP contribution in [0.5, 0.6) is 5.75 Å². The second-order valence-corrected chi connectivity index (χ2v) is 5.43. The first-order valence-corrected chi connectivity index (χ1v) is 7.49. The smallest absolute Gasteiger partial charge is 0.270 e. The summed E-state index contributed by atoms with van der Waals surface area (Å²) in [6.07, 6.45) is 4.12. The van der Waals surface area contributed by atoms with Gasteiger partial charge in [0.15, 0.2) is 11.4 Å². The Labute approximate surface area is 141 Å². The van der Waals surface area contributed by atoms with Crippen molar-refractivity contribution in [1.82, 2.24) is 14.4 Å². The number of carbonyl (C=O) groups excluding carboxylic acids is 1. The fraction of sp³-hybridized carbons (Fsp3) is 0. The number of pyridine rings is 2. The van der Waals surface area contributed by atoms with Gasteiger partial charge in [0.05, 0.1) is 17.4 Å². The van der Waals surface area contributed by atoms with Crippen LogP contribution in [0.2, 0.25) is 0 Å². The summed E-state index contributed by atoms with van der Waals surface area (Å²) in [6, 6.07) is 12.2. The number of hydrogen-bond acceptors (Lipinski definition) is 5. The molecule has 7 nitrogen and oxygen atoms in total. The van der Waals surface area contributed by atoms with Crippen molar-refractivity contribution in [2.75, 3.05) is 5.32 Å². The topological polar surface area (TPSA) is 96.6 Å². The molecule has 0 fully saturated rings. The number of para-hydroxylation sites is 1. The molecule has 7 heteroatoms. The highest BCUT2D eigenvalue weighted by atomic mass is 16.3. The Hall–Kier alpha value is -3.74. The summed E-state index contributed by atoms with van der Waals surface area (Å²) >= 11 is 0. The standard InChI is InChI=1S/C18H12N4O3/c23-15-6-3-7-22-16(15)20-10-13(18(22)25)17(24)21-12-8-11-4-1-2-5-14(11)19-9-12/h1-10,23H,(H,21,24). The van der Waals surface area contributed by atoms with Crippen LogP contribution in [-0.4, -0.2) is 25.4 Å². The van der Waals surface area contributed by atoms with Gasteiger partial charge in [-0.05, 0) is 24.3 Å². The first-order chi connectivity index (χ1) is 12.1. The molecule has 2 N–H and O–H groups in total. The molecule has 1 amide bonds. The lowest BCUT2D eigenvalue weighted by atomic mass is 10.2. The molecule has 3 heterocycles. The van der Waals surface area contributed by atoms with Crippen molar-refractivity contribution in [1.29, 1.82) is 0 Å². The number of aromatic nitrogens is 3. The third-order valence-corrected chi connectivity index (χ3v) is 3.80. The van der Waals surface area contributed by atoms with Gasteiger partial charge in [-0.15, -0.1) is 0 Å². The molecule has 0 spiro atoms. The zero-order valence-corrected chi connectivity index (χ0v) is 12.9. The van der Waals surface area contributed by atoms with Crippen LogP contribution in [0.15, 0.2) is 65.8 Å². The quantitative estimate of drug-likeness (QED) is 0.586. The summed E-state index contributed by atoms with van der Waals surface area (Å²) < 4.78 is 1.13. The maximum absolute atomic E-state index is 12.5. The van der Waals surface area contributed by atoms with Gasteiger partial charge in [0.1, 0.15) is 5.56 Å². The van der Waals surface area contributed by atoms with E-state index in [0.29, 0.717) is 5.69 Å². The Morgan fingerprint density at radius 3 is 2.80 bits per heavy atom. The van der Waals surface area contributed by atoms with Gasteiger partial charge in [-0.1, -0.05) is 18.2 Å². The molecule has 0 aliphatic carbocycles. The first-order valence-electron chi connectivity index (χ1n) is 7.49. The fourth-order valence-electron chi connectivity index (χ4n) is 2.59. The minimum absolute atomic E-state index is 0.0939. The van der Waals surface area contributed by atoms with Crippen LogP contribution in [0, 0.1) is 0 Å². The second-order valence-electron chi connectivity index (χ2n) is 5.43. The van der Waals surface area contributed by atoms with E-state index in [4.69, 9.17) is 0 Å². The summed E-state index contributed by atoms with van der Waals surface area (Å²) in [4.78, 5) is 33.2. The Kier molecular flexibility index (Phi) is 3.39. The number of hydrogen-bond donors (Lipinski definition) is 2. The molecule has 122 valence electrons. The van der Waals surface area contributed by atoms with Crippen molar-refractivity contribution in [3.05, 3.63) is 77.0 Å². The predicted molar refractivity (Wildman–Crippen MR) is 92.8 cm³/mol. The van der Waals surface area contributed by atoms with E-state index in [1.54, 1.807) is 6.07 Å². The van der Waals surface area contributed by atoms with Crippen molar-refractivity contribution in [2.24, 2.45) is 0 Å². The van der Waals surface area contributed by atoms with Crippen LogP contribution in [0.25, 0.3) is 16.6 Å². The summed E-state index contributed by atoms with van der Waals surface area (Å²) in [5.74, 6) is -0.724. The molecule has 25 heavy (non-hydrogen) atoms. The molecule has 0 saturated heterocycles. The number of fused-ring (bicyclic) bond motifs is 2. The average Bonchev–Trinajstić information content (AvgIpc) is 2.62. The summed E-state index contributed by atoms with van der Waals surface area (Å²) in [5.41, 5.74) is 0.687. The third kappa shape index (κ3) is 2.57. The highest BCUT2D eigenvalue weighted by Gasteiger charge is 2.15. The SMILES string of the molecule is O=C(Nc1cnc2ccccc2c1)c1cnc2c(O)cccn2c1=O. The zero-order chi connectivity index (χ0) is 17.4. The largest absolute Gasteiger partial charge is 0.504 e. The van der Waals surface area contributed by atoms with Crippen LogP contribution < -0.4 is 10.9 Å². The molecule has 0 saturated carbocycles. The number of anilines is 1. The molecule has 0 unspecified atom stereocenters. The zero-order valence-electron chi connectivity index (χ0n) is 12.9. The second kappa shape index (κ2) is 5.72. The summed E-state index contributed by atoms with van der Waals surface area (Å²) in [6.45, 7) is 0. The van der Waals surface area contributed by atoms with Gasteiger partial charge in [-0.25, -0.2) is 4.98 Å². The average molecular weight is 332 g/mol. The van der Waals surface area contributed by atoms with E-state index >= 15 is 0 Å². The minimum Gasteiger partial charge on any atom is -0.504 e. The predicted octanol–water partition coefficient (Wildman–Crippen LogP) is 2.20. The molecule has 0 aliphatic heterocycles. The van der Waals surface area contributed by atoms with E-state index in [9.17, 15) is 14.7 Å². The van der Waals surface area contributed by atoms with Crippen LogP contribution in [0.1, 0.15) is 10.4 Å². The lowest BCUT2D eigenvalue weighted by Crippen LogP contribution is -2.26. The molecule has 0 bridgehead atoms. The fourth-order valence-corrected chi connectivity index (χ4v) is 2.59. The van der Waals surface area contributed by atoms with Gasteiger partial charge >= 0.3 is 0 Å². The van der Waals surface area contributed by atoms with E-state index in [1.807, 2.05) is 24.3 Å². The highest BCUT2D eigenvalue weighted by Crippen LogP contribution is 2.17. The van der Waals surface area contributed by atoms with Crippen molar-refractivity contribution >= 4 is 28.1 Å². The Bertz CT molecular complexity index is 1180. The number of carbonyl (C=O) groups is 1. The Morgan fingerprint density at radius 2 is 1.92 bits per heavy atom. The van der Waals surface area contributed by atoms with Gasteiger partial charge in [0, 0.05) is 17.8 Å². The van der Waals surface area contributed by atoms with Gasteiger partial charge in [0.25, 0.3) is 11.5 Å². The maximum atomic E-state index is 12.5. The van der Waals surface area contributed by atoms with Gasteiger partial charge in [0.2, 0.25) is 0 Å². The molecule has 0 aliphatic rings. The molecule has 4 aromatic rings. The summed E-state index contributed by atoms with van der Waals surface area (Å²) in [5, 5.41) is 13.3. The highest BCUT2D eigenvalue weighted by molar-refractivity contribution is 6.04. The van der Waals surface area contributed by atoms with Crippen molar-refractivity contribution < 1.29 is 9.90 Å². The molecule has 0 atom stereocenters. The lowest BCUT2D eigenvalue weighted by molar-refractivity contribution is 0.102.